The minimum Gasteiger partial charge on any atom is -0.383 e. The molecule has 0 aliphatic carbocycles. The minimum atomic E-state index is -0.583. The number of urea groups is 1. The van der Waals surface area contributed by atoms with E-state index < -0.39 is 11.9 Å². The number of carbonyl (C=O) groups is 1. The first kappa shape index (κ1) is 13.8. The first-order chi connectivity index (χ1) is 9.04. The van der Waals surface area contributed by atoms with Gasteiger partial charge in [-0.3, -0.25) is 10.7 Å². The summed E-state index contributed by atoms with van der Waals surface area (Å²) in [4.78, 5) is 13.2. The van der Waals surface area contributed by atoms with Crippen LogP contribution in [0.2, 0.25) is 5.02 Å². The molecule has 1 aromatic rings. The summed E-state index contributed by atoms with van der Waals surface area (Å²) in [6.07, 6.45) is 0. The van der Waals surface area contributed by atoms with E-state index in [1.807, 2.05) is 0 Å². The third-order valence-corrected chi connectivity index (χ3v) is 3.17. The number of amidine groups is 1. The molecule has 1 aliphatic rings. The van der Waals surface area contributed by atoms with Crippen LogP contribution in [0.3, 0.4) is 0 Å². The molecule has 0 radical (unpaired) electrons. The number of methoxy groups -OCH3 is 1. The van der Waals surface area contributed by atoms with Gasteiger partial charge in [-0.1, -0.05) is 17.7 Å². The molecule has 1 aromatic carbocycles. The van der Waals surface area contributed by atoms with Crippen LogP contribution in [0.25, 0.3) is 0 Å². The lowest BCUT2D eigenvalue weighted by atomic mass is 10.1. The fourth-order valence-electron chi connectivity index (χ4n) is 1.98. The molecule has 1 fully saturated rings. The molecule has 1 atom stereocenters. The molecule has 0 aromatic heterocycles. The Morgan fingerprint density at radius 2 is 2.32 bits per heavy atom. The smallest absolute Gasteiger partial charge is 0.323 e. The standard InChI is InChI=1S/C12H13ClFN3O2/c1-19-5-4-17-10(11(15)16-12(17)18)7-2-3-9(14)8(13)6-7/h2-3,6,10H,4-5H2,1H3,(H2,15,16,18). The van der Waals surface area contributed by atoms with Crippen LogP contribution in [0.4, 0.5) is 9.18 Å². The Bertz CT molecular complexity index is 524. The molecule has 5 nitrogen and oxygen atoms in total. The summed E-state index contributed by atoms with van der Waals surface area (Å²) in [6, 6.07) is 3.21. The summed E-state index contributed by atoms with van der Waals surface area (Å²) in [5.41, 5.74) is 0.589. The molecular weight excluding hydrogens is 273 g/mol. The normalized spacial score (nSPS) is 18.9. The first-order valence-electron chi connectivity index (χ1n) is 5.64. The zero-order valence-electron chi connectivity index (χ0n) is 10.2. The summed E-state index contributed by atoms with van der Waals surface area (Å²) in [5.74, 6) is -0.485. The molecule has 0 spiro atoms. The van der Waals surface area contributed by atoms with Gasteiger partial charge in [0, 0.05) is 13.7 Å². The van der Waals surface area contributed by atoms with E-state index in [4.69, 9.17) is 21.7 Å². The fraction of sp³-hybridized carbons (Fsp3) is 0.333. The Hall–Kier alpha value is -1.66. The third-order valence-electron chi connectivity index (χ3n) is 2.88. The van der Waals surface area contributed by atoms with Crippen LogP contribution in [-0.4, -0.2) is 37.0 Å². The van der Waals surface area contributed by atoms with Crippen LogP contribution in [0.1, 0.15) is 11.6 Å². The molecular formula is C12H13ClFN3O2. The van der Waals surface area contributed by atoms with Crippen molar-refractivity contribution in [2.75, 3.05) is 20.3 Å². The maximum absolute atomic E-state index is 13.2. The van der Waals surface area contributed by atoms with Crippen molar-refractivity contribution in [2.45, 2.75) is 6.04 Å². The lowest BCUT2D eigenvalue weighted by Gasteiger charge is -2.22. The zero-order valence-corrected chi connectivity index (χ0v) is 11.0. The van der Waals surface area contributed by atoms with Gasteiger partial charge in [-0.05, 0) is 17.7 Å². The summed E-state index contributed by atoms with van der Waals surface area (Å²) in [6.45, 7) is 0.691. The van der Waals surface area contributed by atoms with Crippen LogP contribution in [-0.2, 0) is 4.74 Å². The van der Waals surface area contributed by atoms with Crippen molar-refractivity contribution in [3.63, 3.8) is 0 Å². The van der Waals surface area contributed by atoms with Gasteiger partial charge in [0.2, 0.25) is 0 Å². The van der Waals surface area contributed by atoms with Gasteiger partial charge in [0.05, 0.1) is 11.6 Å². The second kappa shape index (κ2) is 5.54. The Morgan fingerprint density at radius 3 is 2.95 bits per heavy atom. The highest BCUT2D eigenvalue weighted by atomic mass is 35.5. The molecule has 2 rings (SSSR count). The largest absolute Gasteiger partial charge is 0.383 e. The van der Waals surface area contributed by atoms with E-state index in [0.717, 1.165) is 0 Å². The number of nitrogens with one attached hydrogen (secondary N) is 2. The maximum atomic E-state index is 13.2. The van der Waals surface area contributed by atoms with Crippen molar-refractivity contribution >= 4 is 23.5 Å². The number of rotatable bonds is 4. The number of halogens is 2. The van der Waals surface area contributed by atoms with Crippen molar-refractivity contribution in [2.24, 2.45) is 0 Å². The van der Waals surface area contributed by atoms with Crippen LogP contribution in [0.5, 0.6) is 0 Å². The Balaban J connectivity index is 2.30. The molecule has 102 valence electrons. The predicted molar refractivity (Wildman–Crippen MR) is 69.0 cm³/mol. The highest BCUT2D eigenvalue weighted by Gasteiger charge is 2.36. The van der Waals surface area contributed by atoms with Gasteiger partial charge in [0.25, 0.3) is 0 Å². The number of hydrogen-bond donors (Lipinski definition) is 2. The second-order valence-electron chi connectivity index (χ2n) is 4.11. The predicted octanol–water partition coefficient (Wildman–Crippen LogP) is 2.17. The second-order valence-corrected chi connectivity index (χ2v) is 4.51. The number of amides is 2. The summed E-state index contributed by atoms with van der Waals surface area (Å²) in [7, 11) is 1.53. The number of ether oxygens (including phenoxy) is 1. The first-order valence-corrected chi connectivity index (χ1v) is 6.02. The van der Waals surface area contributed by atoms with Crippen molar-refractivity contribution in [3.05, 3.63) is 34.6 Å². The van der Waals surface area contributed by atoms with Crippen LogP contribution in [0.15, 0.2) is 18.2 Å². The average Bonchev–Trinajstić information content (AvgIpc) is 2.65. The van der Waals surface area contributed by atoms with E-state index in [1.54, 1.807) is 0 Å². The zero-order chi connectivity index (χ0) is 14.0. The van der Waals surface area contributed by atoms with E-state index in [1.165, 1.54) is 30.2 Å². The molecule has 1 saturated heterocycles. The SMILES string of the molecule is COCCN1C(=O)NC(=N)C1c1ccc(F)c(Cl)c1. The minimum absolute atomic E-state index is 0.0312. The Morgan fingerprint density at radius 1 is 1.58 bits per heavy atom. The van der Waals surface area contributed by atoms with E-state index >= 15 is 0 Å². The van der Waals surface area contributed by atoms with Crippen LogP contribution < -0.4 is 5.32 Å². The molecule has 2 amide bonds. The van der Waals surface area contributed by atoms with Crippen LogP contribution >= 0.6 is 11.6 Å². The molecule has 0 saturated carbocycles. The molecule has 1 heterocycles. The van der Waals surface area contributed by atoms with E-state index in [9.17, 15) is 9.18 Å². The van der Waals surface area contributed by atoms with Gasteiger partial charge in [-0.25, -0.2) is 9.18 Å². The van der Waals surface area contributed by atoms with Crippen molar-refractivity contribution in [1.82, 2.24) is 10.2 Å². The molecule has 2 N–H and O–H groups in total. The summed E-state index contributed by atoms with van der Waals surface area (Å²) >= 11 is 5.73. The highest BCUT2D eigenvalue weighted by Crippen LogP contribution is 2.28. The van der Waals surface area contributed by atoms with Gasteiger partial charge in [-0.2, -0.15) is 0 Å². The number of hydrogen-bond acceptors (Lipinski definition) is 3. The summed E-state index contributed by atoms with van der Waals surface area (Å²) in [5, 5.41) is 10.2. The lowest BCUT2D eigenvalue weighted by Crippen LogP contribution is -2.32. The lowest BCUT2D eigenvalue weighted by molar-refractivity contribution is 0.151. The Labute approximate surface area is 114 Å². The average molecular weight is 286 g/mol. The number of benzene rings is 1. The highest BCUT2D eigenvalue weighted by molar-refractivity contribution is 6.30. The number of nitrogens with zero attached hydrogens (tertiary/aromatic N) is 1. The van der Waals surface area contributed by atoms with Gasteiger partial charge < -0.3 is 9.64 Å². The number of carbonyl (C=O) groups excluding carboxylic acids is 1. The van der Waals surface area contributed by atoms with Crippen molar-refractivity contribution in [1.29, 1.82) is 5.41 Å². The monoisotopic (exact) mass is 285 g/mol. The fourth-order valence-corrected chi connectivity index (χ4v) is 2.17. The topological polar surface area (TPSA) is 65.4 Å². The van der Waals surface area contributed by atoms with Crippen molar-refractivity contribution < 1.29 is 13.9 Å². The van der Waals surface area contributed by atoms with Gasteiger partial charge in [-0.15, -0.1) is 0 Å². The quantitative estimate of drug-likeness (QED) is 0.890. The summed E-state index contributed by atoms with van der Waals surface area (Å²) < 4.78 is 18.1. The van der Waals surface area contributed by atoms with Gasteiger partial charge in [0.1, 0.15) is 17.7 Å². The maximum Gasteiger partial charge on any atom is 0.323 e. The molecule has 7 heteroatoms. The van der Waals surface area contributed by atoms with E-state index in [2.05, 4.69) is 5.32 Å². The molecule has 1 aliphatic heterocycles. The van der Waals surface area contributed by atoms with Crippen LogP contribution in [0, 0.1) is 11.2 Å². The third kappa shape index (κ3) is 2.69. The van der Waals surface area contributed by atoms with Crippen molar-refractivity contribution in [3.8, 4) is 0 Å². The van der Waals surface area contributed by atoms with E-state index in [0.29, 0.717) is 18.7 Å². The van der Waals surface area contributed by atoms with E-state index in [-0.39, 0.29) is 16.9 Å². The molecule has 1 unspecified atom stereocenters. The van der Waals surface area contributed by atoms with Gasteiger partial charge in [0.15, 0.2) is 0 Å². The van der Waals surface area contributed by atoms with Gasteiger partial charge >= 0.3 is 6.03 Å². The molecule has 0 bridgehead atoms. The molecule has 19 heavy (non-hydrogen) atoms. The Kier molecular flexibility index (Phi) is 4.01.